The van der Waals surface area contributed by atoms with Gasteiger partial charge in [-0.15, -0.1) is 11.3 Å². The molecule has 1 aliphatic carbocycles. The van der Waals surface area contributed by atoms with Crippen LogP contribution in [0.4, 0.5) is 0 Å². The largest absolute Gasteiger partial charge is 0.320 e. The van der Waals surface area contributed by atoms with E-state index >= 15 is 0 Å². The van der Waals surface area contributed by atoms with Crippen LogP contribution in [-0.4, -0.2) is 0 Å². The van der Waals surface area contributed by atoms with Crippen LogP contribution in [-0.2, 0) is 12.8 Å². The Morgan fingerprint density at radius 1 is 1.10 bits per heavy atom. The Morgan fingerprint density at radius 2 is 1.95 bits per heavy atom. The van der Waals surface area contributed by atoms with Gasteiger partial charge in [0.05, 0.1) is 6.04 Å². The van der Waals surface area contributed by atoms with E-state index in [0.29, 0.717) is 0 Å². The maximum atomic E-state index is 6.65. The van der Waals surface area contributed by atoms with Crippen molar-refractivity contribution in [1.82, 2.24) is 0 Å². The summed E-state index contributed by atoms with van der Waals surface area (Å²) < 4.78 is 0. The molecule has 0 bridgehead atoms. The van der Waals surface area contributed by atoms with Crippen LogP contribution in [0.1, 0.15) is 38.9 Å². The number of hydrogen-bond donors (Lipinski definition) is 1. The normalized spacial score (nSPS) is 15.3. The molecule has 21 heavy (non-hydrogen) atoms. The Morgan fingerprint density at radius 3 is 2.81 bits per heavy atom. The van der Waals surface area contributed by atoms with Gasteiger partial charge in [0.15, 0.2) is 0 Å². The molecule has 0 fully saturated rings. The summed E-state index contributed by atoms with van der Waals surface area (Å²) in [6.07, 6.45) is 3.78. The van der Waals surface area contributed by atoms with Crippen LogP contribution in [0.2, 0.25) is 0 Å². The summed E-state index contributed by atoms with van der Waals surface area (Å²) in [4.78, 5) is 2.87. The van der Waals surface area contributed by atoms with Gasteiger partial charge in [0.25, 0.3) is 0 Å². The SMILES string of the molecule is Cc1ccc2ccccc2c1C(N)c1cc2c(s1)CCC2. The molecule has 0 spiro atoms. The first kappa shape index (κ1) is 13.1. The summed E-state index contributed by atoms with van der Waals surface area (Å²) >= 11 is 1.92. The van der Waals surface area contributed by atoms with Crippen molar-refractivity contribution in [3.8, 4) is 0 Å². The van der Waals surface area contributed by atoms with Crippen LogP contribution >= 0.6 is 11.3 Å². The van der Waals surface area contributed by atoms with Crippen LogP contribution in [0.15, 0.2) is 42.5 Å². The average molecular weight is 293 g/mol. The summed E-state index contributed by atoms with van der Waals surface area (Å²) in [5, 5.41) is 2.57. The van der Waals surface area contributed by atoms with Crippen molar-refractivity contribution in [2.75, 3.05) is 0 Å². The third-order valence-electron chi connectivity index (χ3n) is 4.57. The molecule has 1 nitrogen and oxygen atoms in total. The zero-order chi connectivity index (χ0) is 14.4. The topological polar surface area (TPSA) is 26.0 Å². The van der Waals surface area contributed by atoms with Gasteiger partial charge in [-0.25, -0.2) is 0 Å². The number of aryl methyl sites for hydroxylation is 3. The number of rotatable bonds is 2. The Kier molecular flexibility index (Phi) is 3.09. The smallest absolute Gasteiger partial charge is 0.0654 e. The summed E-state index contributed by atoms with van der Waals surface area (Å²) in [5.74, 6) is 0. The van der Waals surface area contributed by atoms with E-state index in [9.17, 15) is 0 Å². The predicted molar refractivity (Wildman–Crippen MR) is 91.1 cm³/mol. The first-order chi connectivity index (χ1) is 10.2. The van der Waals surface area contributed by atoms with Gasteiger partial charge < -0.3 is 5.73 Å². The lowest BCUT2D eigenvalue weighted by Gasteiger charge is -2.16. The summed E-state index contributed by atoms with van der Waals surface area (Å²) in [5.41, 5.74) is 10.8. The summed E-state index contributed by atoms with van der Waals surface area (Å²) in [7, 11) is 0. The molecule has 4 rings (SSSR count). The fourth-order valence-corrected chi connectivity index (χ4v) is 4.73. The minimum Gasteiger partial charge on any atom is -0.320 e. The zero-order valence-electron chi connectivity index (χ0n) is 12.2. The Balaban J connectivity index is 1.86. The van der Waals surface area contributed by atoms with E-state index in [2.05, 4.69) is 49.4 Å². The molecule has 2 aromatic carbocycles. The molecule has 106 valence electrons. The number of nitrogens with two attached hydrogens (primary N) is 1. The minimum atomic E-state index is -0.00769. The highest BCUT2D eigenvalue weighted by Gasteiger charge is 2.21. The van der Waals surface area contributed by atoms with Crippen LogP contribution < -0.4 is 5.73 Å². The van der Waals surface area contributed by atoms with Gasteiger partial charge in [-0.1, -0.05) is 36.4 Å². The van der Waals surface area contributed by atoms with Crippen molar-refractivity contribution in [3.63, 3.8) is 0 Å². The van der Waals surface area contributed by atoms with Gasteiger partial charge in [0.1, 0.15) is 0 Å². The third kappa shape index (κ3) is 2.10. The molecule has 0 saturated carbocycles. The second kappa shape index (κ2) is 4.97. The van der Waals surface area contributed by atoms with E-state index in [1.54, 1.807) is 4.88 Å². The van der Waals surface area contributed by atoms with Crippen molar-refractivity contribution in [2.45, 2.75) is 32.2 Å². The Hall–Kier alpha value is -1.64. The molecule has 3 aromatic rings. The summed E-state index contributed by atoms with van der Waals surface area (Å²) in [6, 6.07) is 15.3. The second-order valence-electron chi connectivity index (χ2n) is 5.95. The lowest BCUT2D eigenvalue weighted by Crippen LogP contribution is -2.12. The van der Waals surface area contributed by atoms with Gasteiger partial charge in [0.2, 0.25) is 0 Å². The lowest BCUT2D eigenvalue weighted by molar-refractivity contribution is 0.881. The highest BCUT2D eigenvalue weighted by molar-refractivity contribution is 7.12. The molecule has 1 atom stereocenters. The second-order valence-corrected chi connectivity index (χ2v) is 7.11. The lowest BCUT2D eigenvalue weighted by atomic mass is 9.93. The van der Waals surface area contributed by atoms with E-state index in [4.69, 9.17) is 5.73 Å². The van der Waals surface area contributed by atoms with Crippen molar-refractivity contribution >= 4 is 22.1 Å². The molecule has 0 saturated heterocycles. The minimum absolute atomic E-state index is 0.00769. The maximum Gasteiger partial charge on any atom is 0.0654 e. The fourth-order valence-electron chi connectivity index (χ4n) is 3.46. The van der Waals surface area contributed by atoms with Crippen molar-refractivity contribution in [2.24, 2.45) is 5.73 Å². The third-order valence-corrected chi connectivity index (χ3v) is 5.89. The van der Waals surface area contributed by atoms with Crippen molar-refractivity contribution in [3.05, 3.63) is 68.9 Å². The number of thiophene rings is 1. The van der Waals surface area contributed by atoms with Gasteiger partial charge in [-0.2, -0.15) is 0 Å². The van der Waals surface area contributed by atoms with Crippen LogP contribution in [0.3, 0.4) is 0 Å². The molecular formula is C19H19NS. The Labute approximate surface area is 129 Å². The number of benzene rings is 2. The van der Waals surface area contributed by atoms with Gasteiger partial charge >= 0.3 is 0 Å². The number of fused-ring (bicyclic) bond motifs is 2. The van der Waals surface area contributed by atoms with E-state index in [-0.39, 0.29) is 6.04 Å². The van der Waals surface area contributed by atoms with E-state index < -0.39 is 0 Å². The Bertz CT molecular complexity index is 794. The first-order valence-electron chi connectivity index (χ1n) is 7.59. The molecular weight excluding hydrogens is 274 g/mol. The molecule has 0 aliphatic heterocycles. The predicted octanol–water partition coefficient (Wildman–Crippen LogP) is 4.75. The highest BCUT2D eigenvalue weighted by Crippen LogP contribution is 2.37. The van der Waals surface area contributed by atoms with E-state index in [0.717, 1.165) is 0 Å². The van der Waals surface area contributed by atoms with Crippen LogP contribution in [0, 0.1) is 6.92 Å². The maximum absolute atomic E-state index is 6.65. The molecule has 0 radical (unpaired) electrons. The van der Waals surface area contributed by atoms with Crippen molar-refractivity contribution < 1.29 is 0 Å². The highest BCUT2D eigenvalue weighted by atomic mass is 32.1. The zero-order valence-corrected chi connectivity index (χ0v) is 13.0. The fraction of sp³-hybridized carbons (Fsp3) is 0.263. The van der Waals surface area contributed by atoms with E-state index in [1.165, 1.54) is 51.6 Å². The van der Waals surface area contributed by atoms with Gasteiger partial charge in [-0.3, -0.25) is 0 Å². The van der Waals surface area contributed by atoms with E-state index in [1.807, 2.05) is 11.3 Å². The molecule has 0 amide bonds. The molecule has 1 aromatic heterocycles. The van der Waals surface area contributed by atoms with Gasteiger partial charge in [0, 0.05) is 9.75 Å². The first-order valence-corrected chi connectivity index (χ1v) is 8.41. The summed E-state index contributed by atoms with van der Waals surface area (Å²) in [6.45, 7) is 2.17. The molecule has 2 heteroatoms. The van der Waals surface area contributed by atoms with Crippen molar-refractivity contribution in [1.29, 1.82) is 0 Å². The molecule has 1 aliphatic rings. The van der Waals surface area contributed by atoms with Crippen LogP contribution in [0.5, 0.6) is 0 Å². The quantitative estimate of drug-likeness (QED) is 0.725. The molecule has 2 N–H and O–H groups in total. The standard InChI is InChI=1S/C19H19NS/c1-12-9-10-13-5-2-3-7-15(13)18(12)19(20)17-11-14-6-4-8-16(14)21-17/h2-3,5,7,9-11,19H,4,6,8,20H2,1H3. The number of hydrogen-bond acceptors (Lipinski definition) is 2. The van der Waals surface area contributed by atoms with Crippen LogP contribution in [0.25, 0.3) is 10.8 Å². The molecule has 1 heterocycles. The average Bonchev–Trinajstić information content (AvgIpc) is 3.07. The molecule has 1 unspecified atom stereocenters. The van der Waals surface area contributed by atoms with Gasteiger partial charge in [-0.05, 0) is 59.7 Å². The monoisotopic (exact) mass is 293 g/mol.